The van der Waals surface area contributed by atoms with Crippen LogP contribution >= 0.6 is 41.6 Å². The van der Waals surface area contributed by atoms with Crippen LogP contribution in [-0.4, -0.2) is 69.5 Å². The van der Waals surface area contributed by atoms with Crippen molar-refractivity contribution in [2.75, 3.05) is 6.61 Å². The van der Waals surface area contributed by atoms with Crippen LogP contribution in [0.25, 0.3) is 0 Å². The molecule has 1 saturated heterocycles. The lowest BCUT2D eigenvalue weighted by molar-refractivity contribution is -0.0542. The Morgan fingerprint density at radius 3 is 2.13 bits per heavy atom. The quantitative estimate of drug-likeness (QED) is 0.151. The summed E-state index contributed by atoms with van der Waals surface area (Å²) < 4.78 is 70.6. The monoisotopic (exact) mass is 662 g/mol. The van der Waals surface area contributed by atoms with Crippen LogP contribution in [0.4, 0.5) is 0 Å². The van der Waals surface area contributed by atoms with Crippen LogP contribution in [0.1, 0.15) is 38.3 Å². The molecule has 1 aromatic heterocycles. The normalized spacial score (nSPS) is 30.6. The Labute approximate surface area is 223 Å². The summed E-state index contributed by atoms with van der Waals surface area (Å²) in [5.74, 6) is 0. The number of ether oxygens (including phenoxy) is 1. The number of aromatic amines is 1. The molecule has 8 atom stereocenters. The molecule has 224 valence electrons. The highest BCUT2D eigenvalue weighted by atomic mass is 32.7. The Kier molecular flexibility index (Phi) is 10.8. The molecule has 24 heteroatoms. The van der Waals surface area contributed by atoms with E-state index in [-0.39, 0.29) is 5.25 Å². The zero-order valence-corrected chi connectivity index (χ0v) is 24.0. The number of hydrogen-bond acceptors (Lipinski definition) is 14. The molecule has 3 rings (SSSR count). The molecule has 1 aromatic rings. The van der Waals surface area contributed by atoms with Gasteiger partial charge in [0.05, 0.1) is 6.61 Å². The molecule has 1 aliphatic carbocycles. The molecular formula is C15H26N2O17P4S. The Bertz CT molecular complexity index is 1330. The van der Waals surface area contributed by atoms with Crippen molar-refractivity contribution in [3.05, 3.63) is 33.1 Å². The zero-order chi connectivity index (χ0) is 29.2. The van der Waals surface area contributed by atoms with Crippen LogP contribution in [0.3, 0.4) is 0 Å². The van der Waals surface area contributed by atoms with E-state index in [1.165, 1.54) is 0 Å². The van der Waals surface area contributed by atoms with Crippen molar-refractivity contribution in [3.63, 3.8) is 0 Å². The lowest BCUT2D eigenvalue weighted by Crippen LogP contribution is -2.37. The summed E-state index contributed by atoms with van der Waals surface area (Å²) >= 11 is 0.350. The number of H-pyrrole nitrogens is 1. The molecule has 39 heavy (non-hydrogen) atoms. The summed E-state index contributed by atoms with van der Waals surface area (Å²) in [4.78, 5) is 63.9. The molecule has 1 saturated carbocycles. The van der Waals surface area contributed by atoms with Crippen LogP contribution in [0, 0.1) is 0 Å². The predicted molar refractivity (Wildman–Crippen MR) is 130 cm³/mol. The van der Waals surface area contributed by atoms with E-state index in [2.05, 4.69) is 17.5 Å². The highest BCUT2D eigenvalue weighted by Gasteiger charge is 2.48. The molecule has 0 spiro atoms. The zero-order valence-electron chi connectivity index (χ0n) is 19.6. The van der Waals surface area contributed by atoms with Crippen LogP contribution in [0.2, 0.25) is 0 Å². The lowest BCUT2D eigenvalue weighted by atomic mass is 10.0. The Morgan fingerprint density at radius 2 is 1.51 bits per heavy atom. The predicted octanol–water partition coefficient (Wildman–Crippen LogP) is 0.690. The van der Waals surface area contributed by atoms with Crippen LogP contribution < -0.4 is 11.2 Å². The van der Waals surface area contributed by atoms with E-state index < -0.39 is 72.7 Å². The van der Waals surface area contributed by atoms with Crippen molar-refractivity contribution in [3.8, 4) is 0 Å². The van der Waals surface area contributed by atoms with E-state index in [1.807, 2.05) is 4.98 Å². The fourth-order valence-corrected chi connectivity index (χ4v) is 12.1. The number of aliphatic hydroxyl groups is 2. The van der Waals surface area contributed by atoms with Gasteiger partial charge in [-0.05, 0) is 24.2 Å². The van der Waals surface area contributed by atoms with Crippen molar-refractivity contribution < 1.29 is 70.2 Å². The molecule has 5 unspecified atom stereocenters. The first-order chi connectivity index (χ1) is 17.9. The van der Waals surface area contributed by atoms with Gasteiger partial charge in [-0.2, -0.15) is 12.9 Å². The fourth-order valence-electron chi connectivity index (χ4n) is 3.71. The molecule has 2 fully saturated rings. The number of nitrogens with one attached hydrogen (secondary N) is 1. The third kappa shape index (κ3) is 9.79. The molecule has 19 nitrogen and oxygen atoms in total. The summed E-state index contributed by atoms with van der Waals surface area (Å²) in [6, 6.07) is 0.913. The number of rotatable bonds is 12. The van der Waals surface area contributed by atoms with Gasteiger partial charge in [0.1, 0.15) is 18.3 Å². The highest BCUT2D eigenvalue weighted by Crippen LogP contribution is 2.74. The van der Waals surface area contributed by atoms with Crippen molar-refractivity contribution in [1.82, 2.24) is 9.55 Å². The van der Waals surface area contributed by atoms with E-state index in [4.69, 9.17) is 4.74 Å². The van der Waals surface area contributed by atoms with Gasteiger partial charge in [-0.3, -0.25) is 18.9 Å². The Balaban J connectivity index is 1.57. The Hall–Kier alpha value is -0.490. The van der Waals surface area contributed by atoms with E-state index >= 15 is 0 Å². The summed E-state index contributed by atoms with van der Waals surface area (Å²) in [6.45, 7) is -5.98. The minimum absolute atomic E-state index is 0.350. The molecule has 0 aromatic carbocycles. The summed E-state index contributed by atoms with van der Waals surface area (Å²) in [7, 11) is -17.4. The molecule has 0 amide bonds. The number of hydrogen-bond donors (Lipinski definition) is 7. The van der Waals surface area contributed by atoms with Crippen LogP contribution in [0.15, 0.2) is 21.9 Å². The second kappa shape index (κ2) is 12.8. The summed E-state index contributed by atoms with van der Waals surface area (Å²) in [6.07, 6.45) is -2.43. The number of phosphoric acid groups is 3. The van der Waals surface area contributed by atoms with Gasteiger partial charge in [0.2, 0.25) is 0 Å². The second-order valence-electron chi connectivity index (χ2n) is 8.34. The minimum Gasteiger partial charge on any atom is -0.387 e. The number of aliphatic hydroxyl groups excluding tert-OH is 2. The third-order valence-corrected chi connectivity index (χ3v) is 14.1. The molecular weight excluding hydrogens is 636 g/mol. The fraction of sp³-hybridized carbons (Fsp3) is 0.733. The topological polar surface area (TPSA) is 291 Å². The van der Waals surface area contributed by atoms with E-state index in [9.17, 15) is 57.6 Å². The molecule has 0 bridgehead atoms. The van der Waals surface area contributed by atoms with Crippen molar-refractivity contribution >= 4 is 41.6 Å². The number of phosphoric ester groups is 1. The molecule has 2 aliphatic rings. The van der Waals surface area contributed by atoms with Crippen molar-refractivity contribution in [1.29, 1.82) is 0 Å². The van der Waals surface area contributed by atoms with E-state index in [0.29, 0.717) is 28.8 Å². The molecule has 7 N–H and O–H groups in total. The van der Waals surface area contributed by atoms with Crippen LogP contribution in [-0.2, 0) is 40.5 Å². The maximum atomic E-state index is 12.2. The smallest absolute Gasteiger partial charge is 0.387 e. The molecule has 0 radical (unpaired) electrons. The van der Waals surface area contributed by atoms with Gasteiger partial charge < -0.3 is 34.5 Å². The number of nitrogens with zero attached hydrogens (tertiary/aromatic N) is 1. The van der Waals surface area contributed by atoms with Gasteiger partial charge in [-0.1, -0.05) is 19.3 Å². The van der Waals surface area contributed by atoms with E-state index in [0.717, 1.165) is 31.5 Å². The maximum absolute atomic E-state index is 12.2. The molecule has 1 aliphatic heterocycles. The van der Waals surface area contributed by atoms with E-state index in [1.54, 1.807) is 0 Å². The average Bonchev–Trinajstić information content (AvgIpc) is 3.04. The lowest BCUT2D eigenvalue weighted by Gasteiger charge is -2.24. The summed E-state index contributed by atoms with van der Waals surface area (Å²) in [5, 5.41) is 19.9. The van der Waals surface area contributed by atoms with Gasteiger partial charge in [-0.25, -0.2) is 23.1 Å². The first-order valence-corrected chi connectivity index (χ1v) is 18.5. The van der Waals surface area contributed by atoms with Gasteiger partial charge in [0, 0.05) is 17.5 Å². The van der Waals surface area contributed by atoms with Gasteiger partial charge in [0.15, 0.2) is 6.23 Å². The largest absolute Gasteiger partial charge is 0.490 e. The summed E-state index contributed by atoms with van der Waals surface area (Å²) in [5.41, 5.74) is -1.78. The van der Waals surface area contributed by atoms with Gasteiger partial charge in [-0.15, -0.1) is 0 Å². The van der Waals surface area contributed by atoms with Crippen molar-refractivity contribution in [2.24, 2.45) is 0 Å². The van der Waals surface area contributed by atoms with Crippen LogP contribution in [0.5, 0.6) is 0 Å². The van der Waals surface area contributed by atoms with Crippen molar-refractivity contribution in [2.45, 2.75) is 61.9 Å². The third-order valence-electron chi connectivity index (χ3n) is 5.32. The second-order valence-corrected chi connectivity index (χ2v) is 17.2. The van der Waals surface area contributed by atoms with Gasteiger partial charge >= 0.3 is 36.0 Å². The first-order valence-electron chi connectivity index (χ1n) is 11.0. The molecule has 2 heterocycles. The Morgan fingerprint density at radius 1 is 0.923 bits per heavy atom. The number of aromatic nitrogens is 2. The maximum Gasteiger partial charge on any atom is 0.490 e. The average molecular weight is 662 g/mol. The highest BCUT2D eigenvalue weighted by molar-refractivity contribution is 8.55. The standard InChI is InChI=1S/C15H26N2O17P4S/c18-11-6-7-17(15(21)16-11)14-13(20)12(19)10(31-14)8-30-35(22,23)32-36(24,25)33-37(26,27)34-38(28,29)39-9-4-2-1-3-5-9/h6-7,9-10,12-14,19-20H,1-5,8H2,(H,22,23)(H,24,25)(H,26,27)(H,28,29)(H,16,18,21)/t10-,12+,13?,14-/m1/s1. The minimum atomic E-state index is -5.97. The first kappa shape index (κ1) is 33.0. The van der Waals surface area contributed by atoms with Gasteiger partial charge in [0.25, 0.3) is 5.56 Å². The SMILES string of the molecule is O=c1ccn([C@@H]2O[C@H](COP(=O)(O)OP(=O)(O)OP(=O)(O)OP(=O)(O)SC3CCCCC3)[C@H](O)C2O)c(=O)[nH]1.